The molecule has 9 nitrogen and oxygen atoms in total. The fourth-order valence-electron chi connectivity index (χ4n) is 2.46. The number of nitrogens with zero attached hydrogens (tertiary/aromatic N) is 3. The summed E-state index contributed by atoms with van der Waals surface area (Å²) in [4.78, 5) is 22.5. The third-order valence-corrected chi connectivity index (χ3v) is 3.47. The van der Waals surface area contributed by atoms with Crippen LogP contribution in [0.3, 0.4) is 0 Å². The van der Waals surface area contributed by atoms with E-state index in [1.807, 2.05) is 0 Å². The van der Waals surface area contributed by atoms with Crippen LogP contribution < -0.4 is 10.5 Å². The number of benzene rings is 1. The Morgan fingerprint density at radius 3 is 2.52 bits per heavy atom. The summed E-state index contributed by atoms with van der Waals surface area (Å²) in [6.45, 7) is 1.27. The predicted molar refractivity (Wildman–Crippen MR) is 84.3 cm³/mol. The van der Waals surface area contributed by atoms with Crippen molar-refractivity contribution in [1.29, 1.82) is 5.26 Å². The van der Waals surface area contributed by atoms with E-state index < -0.39 is 28.7 Å². The van der Waals surface area contributed by atoms with Gasteiger partial charge >= 0.3 is 12.3 Å². The van der Waals surface area contributed by atoms with Crippen LogP contribution in [0.25, 0.3) is 5.69 Å². The van der Waals surface area contributed by atoms with E-state index in [0.29, 0.717) is 6.07 Å². The van der Waals surface area contributed by atoms with Gasteiger partial charge in [-0.3, -0.25) is 10.1 Å². The van der Waals surface area contributed by atoms with E-state index in [-0.39, 0.29) is 28.2 Å². The number of ether oxygens (including phenoxy) is 2. The molecule has 12 heteroatoms. The van der Waals surface area contributed by atoms with E-state index in [0.717, 1.165) is 23.9 Å². The Morgan fingerprint density at radius 1 is 1.41 bits per heavy atom. The number of methoxy groups -OCH3 is 1. The Hall–Kier alpha value is -3.75. The van der Waals surface area contributed by atoms with Crippen molar-refractivity contribution in [3.8, 4) is 17.5 Å². The van der Waals surface area contributed by atoms with Crippen molar-refractivity contribution in [1.82, 2.24) is 4.57 Å². The summed E-state index contributed by atoms with van der Waals surface area (Å²) in [6.07, 6.45) is -3.99. The Labute approximate surface area is 149 Å². The first-order chi connectivity index (χ1) is 12.5. The van der Waals surface area contributed by atoms with Gasteiger partial charge in [0.1, 0.15) is 17.5 Å². The van der Waals surface area contributed by atoms with Crippen LogP contribution in [0.4, 0.5) is 24.5 Å². The molecule has 2 N–H and O–H groups in total. The van der Waals surface area contributed by atoms with E-state index >= 15 is 0 Å². The van der Waals surface area contributed by atoms with Gasteiger partial charge < -0.3 is 19.8 Å². The molecule has 0 bridgehead atoms. The monoisotopic (exact) mass is 384 g/mol. The van der Waals surface area contributed by atoms with Crippen LogP contribution in [0.2, 0.25) is 0 Å². The predicted octanol–water partition coefficient (Wildman–Crippen LogP) is 2.83. The third-order valence-electron chi connectivity index (χ3n) is 3.47. The molecular weight excluding hydrogens is 373 g/mol. The van der Waals surface area contributed by atoms with Gasteiger partial charge in [0.15, 0.2) is 5.69 Å². The summed E-state index contributed by atoms with van der Waals surface area (Å²) < 4.78 is 46.5. The SMILES string of the molecule is COC(=O)c1c(N)c(C#N)cn1-c1c(C)cc(OC(F)(F)F)cc1[N+](=O)[O-]. The molecule has 0 aliphatic rings. The standard InChI is InChI=1S/C15H11F3N4O5/c1-7-3-9(27-15(16,17)18)4-10(22(24)25)12(7)21-6-8(5-19)11(20)13(21)14(23)26-2/h3-4,6H,20H2,1-2H3. The lowest BCUT2D eigenvalue weighted by Crippen LogP contribution is -2.18. The summed E-state index contributed by atoms with van der Waals surface area (Å²) in [7, 11) is 1.03. The van der Waals surface area contributed by atoms with Gasteiger partial charge in [0.25, 0.3) is 5.69 Å². The number of nitro benzene ring substituents is 1. The fourth-order valence-corrected chi connectivity index (χ4v) is 2.46. The van der Waals surface area contributed by atoms with E-state index in [2.05, 4.69) is 9.47 Å². The molecule has 0 amide bonds. The Balaban J connectivity index is 2.82. The highest BCUT2D eigenvalue weighted by Crippen LogP contribution is 2.36. The maximum absolute atomic E-state index is 12.4. The number of carbonyl (C=O) groups is 1. The highest BCUT2D eigenvalue weighted by molar-refractivity contribution is 5.96. The minimum Gasteiger partial charge on any atom is -0.464 e. The highest BCUT2D eigenvalue weighted by atomic mass is 19.4. The molecule has 1 aromatic carbocycles. The number of esters is 1. The average Bonchev–Trinajstić information content (AvgIpc) is 2.88. The van der Waals surface area contributed by atoms with Gasteiger partial charge in [-0.05, 0) is 18.6 Å². The Bertz CT molecular complexity index is 975. The van der Waals surface area contributed by atoms with Gasteiger partial charge in [0.05, 0.1) is 29.4 Å². The van der Waals surface area contributed by atoms with Crippen LogP contribution in [0.1, 0.15) is 21.6 Å². The quantitative estimate of drug-likeness (QED) is 0.487. The van der Waals surface area contributed by atoms with E-state index in [1.54, 1.807) is 6.07 Å². The summed E-state index contributed by atoms with van der Waals surface area (Å²) >= 11 is 0. The molecular formula is C15H11F3N4O5. The first-order valence-electron chi connectivity index (χ1n) is 7.04. The van der Waals surface area contributed by atoms with Gasteiger partial charge in [-0.15, -0.1) is 13.2 Å². The molecule has 0 radical (unpaired) electrons. The van der Waals surface area contributed by atoms with Crippen molar-refractivity contribution in [2.75, 3.05) is 12.8 Å². The number of alkyl halides is 3. The second kappa shape index (κ2) is 6.87. The summed E-state index contributed by atoms with van der Waals surface area (Å²) in [5, 5.41) is 20.5. The number of rotatable bonds is 4. The van der Waals surface area contributed by atoms with Crippen LogP contribution in [-0.4, -0.2) is 28.9 Å². The summed E-state index contributed by atoms with van der Waals surface area (Å²) in [6, 6.07) is 3.18. The van der Waals surface area contributed by atoms with Gasteiger partial charge in [-0.2, -0.15) is 5.26 Å². The molecule has 0 saturated carbocycles. The topological polar surface area (TPSA) is 133 Å². The van der Waals surface area contributed by atoms with Crippen LogP contribution in [0, 0.1) is 28.4 Å². The van der Waals surface area contributed by atoms with Gasteiger partial charge in [-0.25, -0.2) is 4.79 Å². The van der Waals surface area contributed by atoms with Crippen molar-refractivity contribution in [3.63, 3.8) is 0 Å². The highest BCUT2D eigenvalue weighted by Gasteiger charge is 2.33. The van der Waals surface area contributed by atoms with Crippen LogP contribution in [0.15, 0.2) is 18.3 Å². The number of carbonyl (C=O) groups excluding carboxylic acids is 1. The van der Waals surface area contributed by atoms with Crippen molar-refractivity contribution < 1.29 is 32.4 Å². The maximum atomic E-state index is 12.4. The zero-order valence-corrected chi connectivity index (χ0v) is 13.8. The lowest BCUT2D eigenvalue weighted by atomic mass is 10.1. The van der Waals surface area contributed by atoms with Crippen LogP contribution in [0.5, 0.6) is 5.75 Å². The smallest absolute Gasteiger partial charge is 0.464 e. The lowest BCUT2D eigenvalue weighted by Gasteiger charge is -2.14. The molecule has 2 aromatic rings. The molecule has 0 unspecified atom stereocenters. The summed E-state index contributed by atoms with van der Waals surface area (Å²) in [5.41, 5.74) is 3.82. The Kier molecular flexibility index (Phi) is 4.98. The molecule has 1 heterocycles. The zero-order valence-electron chi connectivity index (χ0n) is 13.8. The largest absolute Gasteiger partial charge is 0.573 e. The fraction of sp³-hybridized carbons (Fsp3) is 0.200. The van der Waals surface area contributed by atoms with E-state index in [1.165, 1.54) is 6.92 Å². The van der Waals surface area contributed by atoms with E-state index in [9.17, 15) is 28.1 Å². The van der Waals surface area contributed by atoms with Crippen molar-refractivity contribution in [2.45, 2.75) is 13.3 Å². The number of nitro groups is 1. The number of hydrogen-bond donors (Lipinski definition) is 1. The van der Waals surface area contributed by atoms with Crippen molar-refractivity contribution in [2.24, 2.45) is 0 Å². The minimum absolute atomic E-state index is 0.0342. The molecule has 0 saturated heterocycles. The molecule has 0 atom stereocenters. The second-order valence-electron chi connectivity index (χ2n) is 5.19. The van der Waals surface area contributed by atoms with Crippen LogP contribution in [-0.2, 0) is 4.74 Å². The number of nitrogens with two attached hydrogens (primary N) is 1. The maximum Gasteiger partial charge on any atom is 0.573 e. The van der Waals surface area contributed by atoms with Crippen LogP contribution >= 0.6 is 0 Å². The normalized spacial score (nSPS) is 11.0. The van der Waals surface area contributed by atoms with Crippen molar-refractivity contribution in [3.05, 3.63) is 45.3 Å². The average molecular weight is 384 g/mol. The minimum atomic E-state index is -5.05. The van der Waals surface area contributed by atoms with Gasteiger partial charge in [0, 0.05) is 6.20 Å². The number of halogens is 3. The molecule has 0 spiro atoms. The molecule has 1 aromatic heterocycles. The number of hydrogen-bond acceptors (Lipinski definition) is 7. The van der Waals surface area contributed by atoms with Gasteiger partial charge in [0.2, 0.25) is 0 Å². The molecule has 142 valence electrons. The number of aryl methyl sites for hydroxylation is 1. The van der Waals surface area contributed by atoms with Gasteiger partial charge in [-0.1, -0.05) is 0 Å². The first-order valence-corrected chi connectivity index (χ1v) is 7.04. The Morgan fingerprint density at radius 2 is 2.04 bits per heavy atom. The molecule has 0 fully saturated rings. The number of anilines is 1. The third kappa shape index (κ3) is 3.76. The number of nitriles is 1. The molecule has 2 rings (SSSR count). The number of nitrogen functional groups attached to an aromatic ring is 1. The zero-order chi connectivity index (χ0) is 20.5. The molecule has 0 aliphatic heterocycles. The van der Waals surface area contributed by atoms with Crippen molar-refractivity contribution >= 4 is 17.3 Å². The molecule has 0 aliphatic carbocycles. The lowest BCUT2D eigenvalue weighted by molar-refractivity contribution is -0.384. The second-order valence-corrected chi connectivity index (χ2v) is 5.19. The number of aromatic nitrogens is 1. The summed E-state index contributed by atoms with van der Waals surface area (Å²) in [5.74, 6) is -1.80. The van der Waals surface area contributed by atoms with E-state index in [4.69, 9.17) is 11.0 Å². The molecule has 27 heavy (non-hydrogen) atoms. The first kappa shape index (κ1) is 19.6.